The highest BCUT2D eigenvalue weighted by Gasteiger charge is 2.52. The summed E-state index contributed by atoms with van der Waals surface area (Å²) in [7, 11) is 0. The zero-order valence-corrected chi connectivity index (χ0v) is 17.8. The molecular weight excluding hydrogens is 402 g/mol. The van der Waals surface area contributed by atoms with Gasteiger partial charge in [-0.1, -0.05) is 56.5 Å². The number of carbonyl (C=O) groups excluding carboxylic acids is 2. The third-order valence-electron chi connectivity index (χ3n) is 6.50. The highest BCUT2D eigenvalue weighted by molar-refractivity contribution is 6.30. The average molecular weight is 428 g/mol. The Morgan fingerprint density at radius 2 is 1.87 bits per heavy atom. The minimum atomic E-state index is -2.19. The predicted octanol–water partition coefficient (Wildman–Crippen LogP) is 4.48. The first kappa shape index (κ1) is 20.7. The normalized spacial score (nSPS) is 28.5. The summed E-state index contributed by atoms with van der Waals surface area (Å²) >= 11 is 6.00. The van der Waals surface area contributed by atoms with Gasteiger partial charge in [0.15, 0.2) is 0 Å². The number of nitrogens with one attached hydrogen (secondary N) is 2. The first-order valence-electron chi connectivity index (χ1n) is 10.3. The van der Waals surface area contributed by atoms with E-state index in [9.17, 15) is 14.7 Å². The van der Waals surface area contributed by atoms with Crippen molar-refractivity contribution in [2.75, 3.05) is 10.2 Å². The van der Waals surface area contributed by atoms with Gasteiger partial charge >= 0.3 is 6.03 Å². The molecule has 158 valence electrons. The van der Waals surface area contributed by atoms with Crippen LogP contribution >= 0.6 is 11.6 Å². The number of benzene rings is 2. The third-order valence-corrected chi connectivity index (χ3v) is 6.75. The van der Waals surface area contributed by atoms with Crippen LogP contribution in [0.2, 0.25) is 5.02 Å². The molecule has 1 heterocycles. The molecule has 1 aliphatic carbocycles. The zero-order chi connectivity index (χ0) is 21.5. The van der Waals surface area contributed by atoms with Gasteiger partial charge in [0.1, 0.15) is 0 Å². The van der Waals surface area contributed by atoms with Crippen LogP contribution in [0.5, 0.6) is 0 Å². The molecule has 1 saturated carbocycles. The fraction of sp³-hybridized carbons (Fsp3) is 0.391. The van der Waals surface area contributed by atoms with Crippen molar-refractivity contribution >= 4 is 34.9 Å². The molecular formula is C23H26ClN3O3. The number of fused-ring (bicyclic) bond motifs is 1. The third kappa shape index (κ3) is 3.44. The summed E-state index contributed by atoms with van der Waals surface area (Å²) in [5, 5.41) is 18.2. The van der Waals surface area contributed by atoms with Crippen LogP contribution in [-0.4, -0.2) is 23.1 Å². The highest BCUT2D eigenvalue weighted by atomic mass is 35.5. The number of aliphatic hydroxyl groups is 1. The fourth-order valence-corrected chi connectivity index (χ4v) is 4.63. The van der Waals surface area contributed by atoms with E-state index in [1.54, 1.807) is 48.5 Å². The Kier molecular flexibility index (Phi) is 5.47. The number of nitrogens with zero attached hydrogens (tertiary/aromatic N) is 1. The number of halogens is 1. The molecule has 3 amide bonds. The minimum Gasteiger partial charge on any atom is -0.359 e. The molecule has 4 atom stereocenters. The monoisotopic (exact) mass is 427 g/mol. The molecule has 0 spiro atoms. The van der Waals surface area contributed by atoms with E-state index in [0.29, 0.717) is 27.9 Å². The summed E-state index contributed by atoms with van der Waals surface area (Å²) in [5.74, 6) is 0.154. The summed E-state index contributed by atoms with van der Waals surface area (Å²) in [6, 6.07) is 12.6. The van der Waals surface area contributed by atoms with E-state index in [4.69, 9.17) is 11.6 Å². The van der Waals surface area contributed by atoms with Gasteiger partial charge in [-0.15, -0.1) is 0 Å². The van der Waals surface area contributed by atoms with Crippen molar-refractivity contribution in [1.29, 1.82) is 0 Å². The molecule has 7 heteroatoms. The summed E-state index contributed by atoms with van der Waals surface area (Å²) in [4.78, 5) is 27.7. The molecule has 1 aliphatic heterocycles. The Labute approximate surface area is 181 Å². The lowest BCUT2D eigenvalue weighted by Gasteiger charge is -2.44. The Bertz CT molecular complexity index is 964. The number of rotatable bonds is 3. The standard InChI is InChI=1S/C23H26ClN3O3/c1-14-6-5-9-19(15(14)2)25-21(28)23(30)18-7-3-4-8-20(18)26-22(29)27(23)17-12-10-16(24)11-13-17/h3-4,7-8,10-15,19,30H,5-6,9H2,1-2H3,(H,25,28)(H,26,29)/t14-,15+,19-,23-/m0/s1. The van der Waals surface area contributed by atoms with Gasteiger partial charge in [0.25, 0.3) is 11.6 Å². The summed E-state index contributed by atoms with van der Waals surface area (Å²) in [5.41, 5.74) is -1.08. The molecule has 0 saturated heterocycles. The van der Waals surface area contributed by atoms with Crippen molar-refractivity contribution in [1.82, 2.24) is 5.32 Å². The van der Waals surface area contributed by atoms with Gasteiger partial charge in [0, 0.05) is 22.3 Å². The molecule has 0 aromatic heterocycles. The van der Waals surface area contributed by atoms with Crippen LogP contribution in [0.4, 0.5) is 16.2 Å². The molecule has 6 nitrogen and oxygen atoms in total. The quantitative estimate of drug-likeness (QED) is 0.675. The van der Waals surface area contributed by atoms with Crippen LogP contribution in [0.1, 0.15) is 38.7 Å². The smallest absolute Gasteiger partial charge is 0.329 e. The van der Waals surface area contributed by atoms with Gasteiger partial charge in [-0.3, -0.25) is 9.69 Å². The number of para-hydroxylation sites is 1. The first-order valence-corrected chi connectivity index (χ1v) is 10.7. The Morgan fingerprint density at radius 3 is 2.60 bits per heavy atom. The van der Waals surface area contributed by atoms with Gasteiger partial charge in [-0.25, -0.2) is 4.79 Å². The largest absolute Gasteiger partial charge is 0.359 e. The Balaban J connectivity index is 1.77. The van der Waals surface area contributed by atoms with Gasteiger partial charge in [-0.2, -0.15) is 0 Å². The number of hydrogen-bond acceptors (Lipinski definition) is 3. The van der Waals surface area contributed by atoms with Crippen molar-refractivity contribution in [2.24, 2.45) is 11.8 Å². The van der Waals surface area contributed by atoms with E-state index in [0.717, 1.165) is 24.2 Å². The highest BCUT2D eigenvalue weighted by Crippen LogP contribution is 2.40. The number of amides is 3. The number of anilines is 2. The Hall–Kier alpha value is -2.57. The summed E-state index contributed by atoms with van der Waals surface area (Å²) in [6.07, 6.45) is 2.99. The van der Waals surface area contributed by atoms with Gasteiger partial charge in [-0.05, 0) is 48.6 Å². The second-order valence-electron chi connectivity index (χ2n) is 8.31. The first-order chi connectivity index (χ1) is 14.3. The number of hydrogen-bond donors (Lipinski definition) is 3. The lowest BCUT2D eigenvalue weighted by molar-refractivity contribution is -0.141. The van der Waals surface area contributed by atoms with E-state index in [-0.39, 0.29) is 12.0 Å². The van der Waals surface area contributed by atoms with Crippen molar-refractivity contribution < 1.29 is 14.7 Å². The van der Waals surface area contributed by atoms with Crippen LogP contribution in [0.25, 0.3) is 0 Å². The average Bonchev–Trinajstić information content (AvgIpc) is 2.72. The molecule has 0 unspecified atom stereocenters. The van der Waals surface area contributed by atoms with Crippen molar-refractivity contribution in [3.05, 3.63) is 59.1 Å². The lowest BCUT2D eigenvalue weighted by atomic mass is 9.78. The molecule has 0 radical (unpaired) electrons. The molecule has 2 aromatic carbocycles. The van der Waals surface area contributed by atoms with E-state index in [1.165, 1.54) is 0 Å². The van der Waals surface area contributed by atoms with Gasteiger partial charge < -0.3 is 15.7 Å². The molecule has 2 aliphatic rings. The van der Waals surface area contributed by atoms with Crippen molar-refractivity contribution in [3.63, 3.8) is 0 Å². The summed E-state index contributed by atoms with van der Waals surface area (Å²) in [6.45, 7) is 4.30. The SMILES string of the molecule is C[C@H]1[C@@H](NC(=O)[C@@]2(O)c3ccccc3NC(=O)N2c2ccc(Cl)cc2)CCC[C@@H]1C. The fourth-order valence-electron chi connectivity index (χ4n) is 4.51. The van der Waals surface area contributed by atoms with Crippen molar-refractivity contribution in [3.8, 4) is 0 Å². The maximum Gasteiger partial charge on any atom is 0.329 e. The van der Waals surface area contributed by atoms with Crippen LogP contribution in [0.3, 0.4) is 0 Å². The molecule has 3 N–H and O–H groups in total. The second-order valence-corrected chi connectivity index (χ2v) is 8.74. The molecule has 4 rings (SSSR count). The zero-order valence-electron chi connectivity index (χ0n) is 17.1. The van der Waals surface area contributed by atoms with Crippen LogP contribution in [0.15, 0.2) is 48.5 Å². The molecule has 0 bridgehead atoms. The van der Waals surface area contributed by atoms with Crippen LogP contribution in [0, 0.1) is 11.8 Å². The van der Waals surface area contributed by atoms with Gasteiger partial charge in [0.2, 0.25) is 0 Å². The summed E-state index contributed by atoms with van der Waals surface area (Å²) < 4.78 is 0. The van der Waals surface area contributed by atoms with E-state index >= 15 is 0 Å². The van der Waals surface area contributed by atoms with E-state index in [2.05, 4.69) is 24.5 Å². The topological polar surface area (TPSA) is 81.7 Å². The predicted molar refractivity (Wildman–Crippen MR) is 117 cm³/mol. The van der Waals surface area contributed by atoms with Crippen molar-refractivity contribution in [2.45, 2.75) is 44.9 Å². The maximum atomic E-state index is 13.6. The molecule has 2 aromatic rings. The van der Waals surface area contributed by atoms with Crippen LogP contribution < -0.4 is 15.5 Å². The minimum absolute atomic E-state index is 0.0607. The van der Waals surface area contributed by atoms with Gasteiger partial charge in [0.05, 0.1) is 5.69 Å². The number of urea groups is 1. The molecule has 1 fully saturated rings. The van der Waals surface area contributed by atoms with E-state index < -0.39 is 17.7 Å². The second kappa shape index (κ2) is 7.93. The van der Waals surface area contributed by atoms with Crippen LogP contribution in [-0.2, 0) is 10.5 Å². The molecule has 30 heavy (non-hydrogen) atoms. The number of carbonyl (C=O) groups is 2. The van der Waals surface area contributed by atoms with E-state index in [1.807, 2.05) is 0 Å². The maximum absolute atomic E-state index is 13.6. The Morgan fingerprint density at radius 1 is 1.17 bits per heavy atom. The lowest BCUT2D eigenvalue weighted by Crippen LogP contribution is -2.64.